The van der Waals surface area contributed by atoms with Crippen molar-refractivity contribution in [1.82, 2.24) is 9.62 Å². The Balaban J connectivity index is 2.38. The van der Waals surface area contributed by atoms with Crippen molar-refractivity contribution < 1.29 is 18.0 Å². The first kappa shape index (κ1) is 15.5. The van der Waals surface area contributed by atoms with Gasteiger partial charge in [0.2, 0.25) is 11.8 Å². The van der Waals surface area contributed by atoms with Crippen molar-refractivity contribution in [3.8, 4) is 0 Å². The molecule has 0 unspecified atom stereocenters. The highest BCUT2D eigenvalue weighted by Crippen LogP contribution is 2.27. The Morgan fingerprint density at radius 2 is 1.95 bits per heavy atom. The number of carbonyl (C=O) groups excluding carboxylic acids is 2. The number of hydrogen-bond donors (Lipinski definition) is 1. The van der Waals surface area contributed by atoms with Crippen molar-refractivity contribution in [1.29, 1.82) is 0 Å². The van der Waals surface area contributed by atoms with E-state index in [2.05, 4.69) is 5.32 Å². The van der Waals surface area contributed by atoms with Gasteiger partial charge in [0.15, 0.2) is 0 Å². The standard InChI is InChI=1S/C14H18N2O4S/c1-3-15-14(18)12-8-9-13(17)16(12)21(19,20)11-6-4-10(2)5-7-11/h4-7,12H,3,8-9H2,1-2H3,(H,15,18)/t12-/m1/s1. The summed E-state index contributed by atoms with van der Waals surface area (Å²) in [5.41, 5.74) is 0.918. The molecule has 2 rings (SSSR count). The van der Waals surface area contributed by atoms with Crippen LogP contribution in [0.1, 0.15) is 25.3 Å². The molecule has 1 N–H and O–H groups in total. The van der Waals surface area contributed by atoms with Crippen LogP contribution in [-0.4, -0.2) is 37.1 Å². The minimum Gasteiger partial charge on any atom is -0.355 e. The van der Waals surface area contributed by atoms with Gasteiger partial charge >= 0.3 is 0 Å². The molecular weight excluding hydrogens is 292 g/mol. The molecule has 0 spiro atoms. The summed E-state index contributed by atoms with van der Waals surface area (Å²) < 4.78 is 25.9. The van der Waals surface area contributed by atoms with E-state index in [0.717, 1.165) is 9.87 Å². The van der Waals surface area contributed by atoms with Crippen LogP contribution < -0.4 is 5.32 Å². The van der Waals surface area contributed by atoms with Crippen LogP contribution in [0.25, 0.3) is 0 Å². The minimum atomic E-state index is -3.99. The Kier molecular flexibility index (Phi) is 4.32. The molecule has 0 radical (unpaired) electrons. The maximum absolute atomic E-state index is 12.6. The third-order valence-electron chi connectivity index (χ3n) is 3.39. The summed E-state index contributed by atoms with van der Waals surface area (Å²) >= 11 is 0. The summed E-state index contributed by atoms with van der Waals surface area (Å²) in [5, 5.41) is 2.57. The molecule has 1 saturated heterocycles. The summed E-state index contributed by atoms with van der Waals surface area (Å²) in [4.78, 5) is 23.9. The lowest BCUT2D eigenvalue weighted by molar-refractivity contribution is -0.130. The van der Waals surface area contributed by atoms with Gasteiger partial charge in [-0.05, 0) is 32.4 Å². The smallest absolute Gasteiger partial charge is 0.267 e. The second kappa shape index (κ2) is 5.85. The number of nitrogens with one attached hydrogen (secondary N) is 1. The van der Waals surface area contributed by atoms with Gasteiger partial charge in [0, 0.05) is 13.0 Å². The molecule has 6 nitrogen and oxygen atoms in total. The molecule has 1 aromatic rings. The van der Waals surface area contributed by atoms with Crippen molar-refractivity contribution in [3.05, 3.63) is 29.8 Å². The van der Waals surface area contributed by atoms with Gasteiger partial charge in [0.1, 0.15) is 6.04 Å². The first-order valence-corrected chi connectivity index (χ1v) is 8.23. The van der Waals surface area contributed by atoms with Crippen molar-refractivity contribution in [2.24, 2.45) is 0 Å². The lowest BCUT2D eigenvalue weighted by Gasteiger charge is -2.23. The molecule has 2 amide bonds. The second-order valence-electron chi connectivity index (χ2n) is 4.96. The summed E-state index contributed by atoms with van der Waals surface area (Å²) in [6.07, 6.45) is 0.280. The highest BCUT2D eigenvalue weighted by Gasteiger charge is 2.43. The van der Waals surface area contributed by atoms with Crippen molar-refractivity contribution in [2.45, 2.75) is 37.6 Å². The Morgan fingerprint density at radius 3 is 2.52 bits per heavy atom. The molecule has 1 atom stereocenters. The van der Waals surface area contributed by atoms with Gasteiger partial charge in [-0.3, -0.25) is 9.59 Å². The van der Waals surface area contributed by atoms with E-state index in [-0.39, 0.29) is 17.7 Å². The van der Waals surface area contributed by atoms with Crippen LogP contribution >= 0.6 is 0 Å². The molecular formula is C14H18N2O4S. The van der Waals surface area contributed by atoms with Crippen LogP contribution in [0.4, 0.5) is 0 Å². The largest absolute Gasteiger partial charge is 0.355 e. The van der Waals surface area contributed by atoms with E-state index in [1.165, 1.54) is 12.1 Å². The van der Waals surface area contributed by atoms with Crippen molar-refractivity contribution >= 4 is 21.8 Å². The number of nitrogens with zero attached hydrogens (tertiary/aromatic N) is 1. The first-order chi connectivity index (χ1) is 9.87. The van der Waals surface area contributed by atoms with E-state index in [1.807, 2.05) is 6.92 Å². The fraction of sp³-hybridized carbons (Fsp3) is 0.429. The second-order valence-corrected chi connectivity index (χ2v) is 6.77. The topological polar surface area (TPSA) is 83.6 Å². The van der Waals surface area contributed by atoms with E-state index in [0.29, 0.717) is 6.54 Å². The number of likely N-dealkylation sites (N-methyl/N-ethyl adjacent to an activating group) is 1. The minimum absolute atomic E-state index is 0.0256. The normalized spacial score (nSPS) is 18.9. The molecule has 1 aromatic carbocycles. The number of amides is 2. The van der Waals surface area contributed by atoms with E-state index < -0.39 is 27.9 Å². The summed E-state index contributed by atoms with van der Waals surface area (Å²) in [6.45, 7) is 3.98. The number of rotatable bonds is 4. The first-order valence-electron chi connectivity index (χ1n) is 6.79. The number of carbonyl (C=O) groups is 2. The fourth-order valence-corrected chi connectivity index (χ4v) is 3.92. The van der Waals surface area contributed by atoms with Crippen LogP contribution in [0.15, 0.2) is 29.2 Å². The lowest BCUT2D eigenvalue weighted by atomic mass is 10.2. The van der Waals surface area contributed by atoms with Gasteiger partial charge in [0.25, 0.3) is 10.0 Å². The number of aryl methyl sites for hydroxylation is 1. The average molecular weight is 310 g/mol. The lowest BCUT2D eigenvalue weighted by Crippen LogP contribution is -2.47. The molecule has 0 saturated carbocycles. The zero-order chi connectivity index (χ0) is 15.6. The summed E-state index contributed by atoms with van der Waals surface area (Å²) in [7, 11) is -3.99. The Morgan fingerprint density at radius 1 is 1.33 bits per heavy atom. The van der Waals surface area contributed by atoms with Gasteiger partial charge in [-0.1, -0.05) is 17.7 Å². The predicted molar refractivity (Wildman–Crippen MR) is 76.9 cm³/mol. The predicted octanol–water partition coefficient (Wildman–Crippen LogP) is 0.811. The Bertz CT molecular complexity index is 652. The van der Waals surface area contributed by atoms with Crippen LogP contribution in [-0.2, 0) is 19.6 Å². The van der Waals surface area contributed by atoms with Crippen LogP contribution in [0.5, 0.6) is 0 Å². The molecule has 1 fully saturated rings. The molecule has 1 aliphatic heterocycles. The molecule has 0 bridgehead atoms. The summed E-state index contributed by atoms with van der Waals surface area (Å²) in [5.74, 6) is -0.967. The van der Waals surface area contributed by atoms with Crippen LogP contribution in [0.3, 0.4) is 0 Å². The third-order valence-corrected chi connectivity index (χ3v) is 5.24. The van der Waals surface area contributed by atoms with Gasteiger partial charge in [-0.15, -0.1) is 0 Å². The van der Waals surface area contributed by atoms with E-state index in [9.17, 15) is 18.0 Å². The average Bonchev–Trinajstić information content (AvgIpc) is 2.82. The van der Waals surface area contributed by atoms with Gasteiger partial charge in [-0.2, -0.15) is 0 Å². The zero-order valence-electron chi connectivity index (χ0n) is 12.0. The maximum Gasteiger partial charge on any atom is 0.267 e. The van der Waals surface area contributed by atoms with Gasteiger partial charge in [0.05, 0.1) is 4.90 Å². The Hall–Kier alpha value is -1.89. The highest BCUT2D eigenvalue weighted by molar-refractivity contribution is 7.89. The molecule has 0 aromatic heterocycles. The van der Waals surface area contributed by atoms with E-state index >= 15 is 0 Å². The van der Waals surface area contributed by atoms with E-state index in [4.69, 9.17) is 0 Å². The number of hydrogen-bond acceptors (Lipinski definition) is 4. The number of sulfonamides is 1. The van der Waals surface area contributed by atoms with Gasteiger partial charge < -0.3 is 5.32 Å². The van der Waals surface area contributed by atoms with E-state index in [1.54, 1.807) is 19.1 Å². The SMILES string of the molecule is CCNC(=O)[C@H]1CCC(=O)N1S(=O)(=O)c1ccc(C)cc1. The molecule has 0 aliphatic carbocycles. The van der Waals surface area contributed by atoms with Gasteiger partial charge in [-0.25, -0.2) is 12.7 Å². The quantitative estimate of drug-likeness (QED) is 0.892. The fourth-order valence-electron chi connectivity index (χ4n) is 2.32. The molecule has 1 aliphatic rings. The summed E-state index contributed by atoms with van der Waals surface area (Å²) in [6, 6.07) is 5.27. The van der Waals surface area contributed by atoms with Crippen molar-refractivity contribution in [2.75, 3.05) is 6.54 Å². The third kappa shape index (κ3) is 2.92. The highest BCUT2D eigenvalue weighted by atomic mass is 32.2. The molecule has 1 heterocycles. The maximum atomic E-state index is 12.6. The Labute approximate surface area is 124 Å². The van der Waals surface area contributed by atoms with Crippen molar-refractivity contribution in [3.63, 3.8) is 0 Å². The monoisotopic (exact) mass is 310 g/mol. The van der Waals surface area contributed by atoms with Crippen LogP contribution in [0.2, 0.25) is 0 Å². The zero-order valence-corrected chi connectivity index (χ0v) is 12.8. The van der Waals surface area contributed by atoms with Crippen LogP contribution in [0, 0.1) is 6.92 Å². The molecule has 21 heavy (non-hydrogen) atoms. The molecule has 7 heteroatoms. The molecule has 114 valence electrons. The number of benzene rings is 1.